The molecule has 0 amide bonds. The Morgan fingerprint density at radius 3 is 2.50 bits per heavy atom. The zero-order chi connectivity index (χ0) is 12.8. The van der Waals surface area contributed by atoms with Crippen LogP contribution in [0.3, 0.4) is 0 Å². The molecule has 0 spiro atoms. The zero-order valence-electron chi connectivity index (χ0n) is 9.67. The average Bonchev–Trinajstić information content (AvgIpc) is 2.37. The van der Waals surface area contributed by atoms with E-state index in [0.29, 0.717) is 18.4 Å². The highest BCUT2D eigenvalue weighted by Crippen LogP contribution is 2.13. The van der Waals surface area contributed by atoms with E-state index in [1.807, 2.05) is 30.3 Å². The Hall–Kier alpha value is -2.41. The first-order valence-corrected chi connectivity index (χ1v) is 5.46. The van der Waals surface area contributed by atoms with E-state index in [1.54, 1.807) is 0 Å². The van der Waals surface area contributed by atoms with Crippen molar-refractivity contribution in [1.82, 2.24) is 15.0 Å². The van der Waals surface area contributed by atoms with Crippen LogP contribution in [0, 0.1) is 0 Å². The second-order valence-electron chi connectivity index (χ2n) is 3.48. The maximum absolute atomic E-state index is 8.72. The molecule has 2 rings (SSSR count). The molecule has 0 saturated heterocycles. The fourth-order valence-corrected chi connectivity index (χ4v) is 1.35. The number of para-hydroxylation sites is 1. The van der Waals surface area contributed by atoms with E-state index in [2.05, 4.69) is 25.6 Å². The van der Waals surface area contributed by atoms with Gasteiger partial charge in [0.1, 0.15) is 0 Å². The molecule has 0 aliphatic rings. The predicted octanol–water partition coefficient (Wildman–Crippen LogP) is 0.602. The molecule has 0 fully saturated rings. The smallest absolute Gasteiger partial charge is 0.233 e. The van der Waals surface area contributed by atoms with Crippen LogP contribution in [0.4, 0.5) is 23.5 Å². The third-order valence-corrected chi connectivity index (χ3v) is 2.08. The number of nitrogen functional groups attached to an aromatic ring is 1. The molecule has 1 aromatic heterocycles. The Morgan fingerprint density at radius 1 is 1.06 bits per heavy atom. The number of nitrogens with one attached hydrogen (secondary N) is 2. The van der Waals surface area contributed by atoms with Gasteiger partial charge in [-0.2, -0.15) is 15.0 Å². The quantitative estimate of drug-likeness (QED) is 0.611. The van der Waals surface area contributed by atoms with Crippen LogP contribution < -0.4 is 16.4 Å². The van der Waals surface area contributed by atoms with Gasteiger partial charge in [-0.3, -0.25) is 0 Å². The van der Waals surface area contributed by atoms with Crippen molar-refractivity contribution < 1.29 is 5.11 Å². The van der Waals surface area contributed by atoms with Crippen LogP contribution in [0.5, 0.6) is 0 Å². The molecule has 0 saturated carbocycles. The topological polar surface area (TPSA) is 109 Å². The Balaban J connectivity index is 2.15. The first-order chi connectivity index (χ1) is 8.78. The lowest BCUT2D eigenvalue weighted by Gasteiger charge is -2.07. The van der Waals surface area contributed by atoms with Gasteiger partial charge in [-0.05, 0) is 12.1 Å². The highest BCUT2D eigenvalue weighted by molar-refractivity contribution is 5.54. The molecule has 1 heterocycles. The molecule has 0 atom stereocenters. The van der Waals surface area contributed by atoms with E-state index in [0.717, 1.165) is 5.69 Å². The molecule has 2 aromatic rings. The van der Waals surface area contributed by atoms with E-state index in [4.69, 9.17) is 10.8 Å². The van der Waals surface area contributed by atoms with Crippen molar-refractivity contribution in [2.24, 2.45) is 0 Å². The van der Waals surface area contributed by atoms with Gasteiger partial charge in [0.15, 0.2) is 0 Å². The van der Waals surface area contributed by atoms with E-state index in [9.17, 15) is 0 Å². The average molecular weight is 246 g/mol. The predicted molar refractivity (Wildman–Crippen MR) is 69.5 cm³/mol. The Morgan fingerprint density at radius 2 is 1.78 bits per heavy atom. The van der Waals surface area contributed by atoms with E-state index < -0.39 is 0 Å². The molecule has 0 unspecified atom stereocenters. The first kappa shape index (κ1) is 12.1. The number of aromatic nitrogens is 3. The zero-order valence-corrected chi connectivity index (χ0v) is 9.67. The summed E-state index contributed by atoms with van der Waals surface area (Å²) in [5.41, 5.74) is 6.44. The number of nitrogens with zero attached hydrogens (tertiary/aromatic N) is 3. The van der Waals surface area contributed by atoms with E-state index in [1.165, 1.54) is 0 Å². The number of aliphatic hydroxyl groups is 1. The van der Waals surface area contributed by atoms with Gasteiger partial charge in [0.25, 0.3) is 0 Å². The second-order valence-corrected chi connectivity index (χ2v) is 3.48. The molecule has 0 aliphatic heterocycles. The number of anilines is 4. The molecule has 5 N–H and O–H groups in total. The number of hydrogen-bond donors (Lipinski definition) is 4. The fourth-order valence-electron chi connectivity index (χ4n) is 1.35. The SMILES string of the molecule is Nc1nc(NCCO)nc(Nc2ccccc2)n1. The van der Waals surface area contributed by atoms with Gasteiger partial charge >= 0.3 is 0 Å². The van der Waals surface area contributed by atoms with Crippen molar-refractivity contribution in [3.05, 3.63) is 30.3 Å². The summed E-state index contributed by atoms with van der Waals surface area (Å²) in [5, 5.41) is 14.6. The molecule has 1 aromatic carbocycles. The lowest BCUT2D eigenvalue weighted by molar-refractivity contribution is 0.311. The van der Waals surface area contributed by atoms with Gasteiger partial charge in [0, 0.05) is 12.2 Å². The summed E-state index contributed by atoms with van der Waals surface area (Å²) in [4.78, 5) is 12.0. The summed E-state index contributed by atoms with van der Waals surface area (Å²) < 4.78 is 0. The van der Waals surface area contributed by atoms with Crippen LogP contribution in [0.2, 0.25) is 0 Å². The Kier molecular flexibility index (Phi) is 3.87. The van der Waals surface area contributed by atoms with Crippen LogP contribution in [-0.4, -0.2) is 33.2 Å². The normalized spacial score (nSPS) is 10.1. The summed E-state index contributed by atoms with van der Waals surface area (Å²) in [6.07, 6.45) is 0. The number of hydrogen-bond acceptors (Lipinski definition) is 7. The van der Waals surface area contributed by atoms with Crippen molar-refractivity contribution >= 4 is 23.5 Å². The molecular formula is C11H14N6O. The molecule has 94 valence electrons. The van der Waals surface area contributed by atoms with Crippen molar-refractivity contribution in [1.29, 1.82) is 0 Å². The highest BCUT2D eigenvalue weighted by atomic mass is 16.3. The largest absolute Gasteiger partial charge is 0.395 e. The molecule has 0 aliphatic carbocycles. The third-order valence-electron chi connectivity index (χ3n) is 2.08. The van der Waals surface area contributed by atoms with Gasteiger partial charge < -0.3 is 21.5 Å². The maximum atomic E-state index is 8.72. The minimum absolute atomic E-state index is 0.00691. The van der Waals surface area contributed by atoms with Gasteiger partial charge in [-0.1, -0.05) is 18.2 Å². The lowest BCUT2D eigenvalue weighted by Crippen LogP contribution is -2.12. The lowest BCUT2D eigenvalue weighted by atomic mass is 10.3. The van der Waals surface area contributed by atoms with Crippen molar-refractivity contribution in [3.8, 4) is 0 Å². The van der Waals surface area contributed by atoms with Crippen LogP contribution in [0.25, 0.3) is 0 Å². The number of benzene rings is 1. The highest BCUT2D eigenvalue weighted by Gasteiger charge is 2.03. The number of rotatable bonds is 5. The molecule has 18 heavy (non-hydrogen) atoms. The molecular weight excluding hydrogens is 232 g/mol. The monoisotopic (exact) mass is 246 g/mol. The molecule has 0 radical (unpaired) electrons. The van der Waals surface area contributed by atoms with Crippen LogP contribution >= 0.6 is 0 Å². The van der Waals surface area contributed by atoms with Crippen LogP contribution in [-0.2, 0) is 0 Å². The van der Waals surface area contributed by atoms with Crippen molar-refractivity contribution in [3.63, 3.8) is 0 Å². The van der Waals surface area contributed by atoms with Gasteiger partial charge in [0.2, 0.25) is 17.8 Å². The second kappa shape index (κ2) is 5.78. The van der Waals surface area contributed by atoms with Crippen molar-refractivity contribution in [2.75, 3.05) is 29.5 Å². The summed E-state index contributed by atoms with van der Waals surface area (Å²) in [7, 11) is 0. The minimum atomic E-state index is -0.00691. The number of aliphatic hydroxyl groups excluding tert-OH is 1. The standard InChI is InChI=1S/C11H14N6O/c12-9-15-10(13-6-7-18)17-11(16-9)14-8-4-2-1-3-5-8/h1-5,18H,6-7H2,(H4,12,13,14,15,16,17). The summed E-state index contributed by atoms with van der Waals surface area (Å²) >= 11 is 0. The van der Waals surface area contributed by atoms with Crippen molar-refractivity contribution in [2.45, 2.75) is 0 Å². The molecule has 7 nitrogen and oxygen atoms in total. The van der Waals surface area contributed by atoms with Gasteiger partial charge in [0.05, 0.1) is 6.61 Å². The number of nitrogens with two attached hydrogens (primary N) is 1. The van der Waals surface area contributed by atoms with Gasteiger partial charge in [-0.15, -0.1) is 0 Å². The summed E-state index contributed by atoms with van der Waals surface area (Å²) in [6.45, 7) is 0.348. The van der Waals surface area contributed by atoms with Crippen LogP contribution in [0.1, 0.15) is 0 Å². The third kappa shape index (κ3) is 3.29. The first-order valence-electron chi connectivity index (χ1n) is 5.46. The molecule has 0 bridgehead atoms. The summed E-state index contributed by atoms with van der Waals surface area (Å²) in [5.74, 6) is 0.799. The maximum Gasteiger partial charge on any atom is 0.233 e. The minimum Gasteiger partial charge on any atom is -0.395 e. The van der Waals surface area contributed by atoms with Gasteiger partial charge in [-0.25, -0.2) is 0 Å². The van der Waals surface area contributed by atoms with E-state index >= 15 is 0 Å². The fraction of sp³-hybridized carbons (Fsp3) is 0.182. The summed E-state index contributed by atoms with van der Waals surface area (Å²) in [6, 6.07) is 9.50. The molecule has 7 heteroatoms. The Labute approximate surface area is 104 Å². The van der Waals surface area contributed by atoms with E-state index in [-0.39, 0.29) is 12.6 Å². The van der Waals surface area contributed by atoms with Crippen LogP contribution in [0.15, 0.2) is 30.3 Å². The Bertz CT molecular complexity index is 504.